The normalized spacial score (nSPS) is 10.1. The van der Waals surface area contributed by atoms with Gasteiger partial charge in [-0.05, 0) is 30.2 Å². The predicted octanol–water partition coefficient (Wildman–Crippen LogP) is 3.25. The van der Waals surface area contributed by atoms with Crippen molar-refractivity contribution < 1.29 is 4.74 Å². The predicted molar refractivity (Wildman–Crippen MR) is 67.0 cm³/mol. The van der Waals surface area contributed by atoms with Crippen LogP contribution in [0.4, 0.5) is 0 Å². The molecule has 2 nitrogen and oxygen atoms in total. The van der Waals surface area contributed by atoms with Gasteiger partial charge in [0.2, 0.25) is 0 Å². The van der Waals surface area contributed by atoms with Crippen LogP contribution >= 0.6 is 15.9 Å². The van der Waals surface area contributed by atoms with Crippen molar-refractivity contribution in [2.75, 3.05) is 6.61 Å². The Morgan fingerprint density at radius 3 is 2.87 bits per heavy atom. The van der Waals surface area contributed by atoms with E-state index in [1.165, 1.54) is 0 Å². The van der Waals surface area contributed by atoms with Crippen molar-refractivity contribution in [2.45, 2.75) is 19.9 Å². The maximum absolute atomic E-state index is 5.64. The molecule has 0 saturated carbocycles. The molecule has 0 atom stereocenters. The van der Waals surface area contributed by atoms with Crippen molar-refractivity contribution in [1.29, 1.82) is 0 Å². The third-order valence-electron chi connectivity index (χ3n) is 2.17. The van der Waals surface area contributed by atoms with Gasteiger partial charge in [-0.15, -0.1) is 0 Å². The Kier molecular flexibility index (Phi) is 4.85. The SMILES string of the molecule is C=C(CC)COc1ccc(Br)cc1CN. The molecular weight excluding hydrogens is 254 g/mol. The van der Waals surface area contributed by atoms with Crippen LogP contribution in [0.15, 0.2) is 34.8 Å². The molecule has 0 saturated heterocycles. The standard InChI is InChI=1S/C12H16BrNO/c1-3-9(2)8-15-12-5-4-11(13)6-10(12)7-14/h4-6H,2-3,7-8,14H2,1H3. The van der Waals surface area contributed by atoms with E-state index in [-0.39, 0.29) is 0 Å². The van der Waals surface area contributed by atoms with Gasteiger partial charge in [-0.25, -0.2) is 0 Å². The summed E-state index contributed by atoms with van der Waals surface area (Å²) in [6.07, 6.45) is 0.939. The van der Waals surface area contributed by atoms with Gasteiger partial charge in [0.15, 0.2) is 0 Å². The van der Waals surface area contributed by atoms with E-state index in [0.29, 0.717) is 13.2 Å². The monoisotopic (exact) mass is 269 g/mol. The Morgan fingerprint density at radius 2 is 2.27 bits per heavy atom. The van der Waals surface area contributed by atoms with Gasteiger partial charge < -0.3 is 10.5 Å². The zero-order valence-electron chi connectivity index (χ0n) is 8.92. The molecule has 0 unspecified atom stereocenters. The van der Waals surface area contributed by atoms with Crippen LogP contribution in [0.1, 0.15) is 18.9 Å². The Bertz CT molecular complexity index is 349. The first-order valence-corrected chi connectivity index (χ1v) is 5.74. The lowest BCUT2D eigenvalue weighted by atomic mass is 10.2. The summed E-state index contributed by atoms with van der Waals surface area (Å²) in [4.78, 5) is 0. The lowest BCUT2D eigenvalue weighted by molar-refractivity contribution is 0.345. The molecule has 1 rings (SSSR count). The summed E-state index contributed by atoms with van der Waals surface area (Å²) >= 11 is 3.40. The quantitative estimate of drug-likeness (QED) is 0.833. The summed E-state index contributed by atoms with van der Waals surface area (Å²) in [6.45, 7) is 7.00. The molecule has 2 N–H and O–H groups in total. The van der Waals surface area contributed by atoms with Crippen LogP contribution in [0.3, 0.4) is 0 Å². The van der Waals surface area contributed by atoms with E-state index in [4.69, 9.17) is 10.5 Å². The zero-order chi connectivity index (χ0) is 11.3. The first kappa shape index (κ1) is 12.3. The molecule has 0 aromatic heterocycles. The largest absolute Gasteiger partial charge is 0.489 e. The van der Waals surface area contributed by atoms with E-state index in [2.05, 4.69) is 29.4 Å². The summed E-state index contributed by atoms with van der Waals surface area (Å²) in [5.74, 6) is 0.843. The van der Waals surface area contributed by atoms with Crippen LogP contribution in [0.25, 0.3) is 0 Å². The van der Waals surface area contributed by atoms with E-state index < -0.39 is 0 Å². The Labute approximate surface area is 99.3 Å². The van der Waals surface area contributed by atoms with Crippen LogP contribution in [0.5, 0.6) is 5.75 Å². The molecule has 0 aliphatic carbocycles. The maximum atomic E-state index is 5.64. The Hall–Kier alpha value is -0.800. The van der Waals surface area contributed by atoms with E-state index >= 15 is 0 Å². The van der Waals surface area contributed by atoms with Crippen molar-refractivity contribution in [2.24, 2.45) is 5.73 Å². The smallest absolute Gasteiger partial charge is 0.124 e. The van der Waals surface area contributed by atoms with Gasteiger partial charge in [0.25, 0.3) is 0 Å². The summed E-state index contributed by atoms with van der Waals surface area (Å²) in [6, 6.07) is 5.85. The van der Waals surface area contributed by atoms with E-state index in [1.54, 1.807) is 0 Å². The average Bonchev–Trinajstić information content (AvgIpc) is 2.26. The number of hydrogen-bond acceptors (Lipinski definition) is 2. The van der Waals surface area contributed by atoms with Gasteiger partial charge in [0, 0.05) is 16.6 Å². The minimum absolute atomic E-state index is 0.480. The van der Waals surface area contributed by atoms with Crippen molar-refractivity contribution in [3.63, 3.8) is 0 Å². The molecule has 0 amide bonds. The fourth-order valence-corrected chi connectivity index (χ4v) is 1.54. The average molecular weight is 270 g/mol. The fraction of sp³-hybridized carbons (Fsp3) is 0.333. The van der Waals surface area contributed by atoms with Gasteiger partial charge in [-0.3, -0.25) is 0 Å². The van der Waals surface area contributed by atoms with Crippen molar-refractivity contribution in [1.82, 2.24) is 0 Å². The molecule has 0 radical (unpaired) electrons. The lowest BCUT2D eigenvalue weighted by Gasteiger charge is -2.11. The first-order chi connectivity index (χ1) is 7.17. The minimum atomic E-state index is 0.480. The highest BCUT2D eigenvalue weighted by molar-refractivity contribution is 9.10. The molecule has 3 heteroatoms. The van der Waals surface area contributed by atoms with Crippen LogP contribution in [0.2, 0.25) is 0 Å². The second-order valence-corrected chi connectivity index (χ2v) is 4.26. The Balaban J connectivity index is 2.72. The topological polar surface area (TPSA) is 35.2 Å². The van der Waals surface area contributed by atoms with Crippen molar-refractivity contribution >= 4 is 15.9 Å². The third-order valence-corrected chi connectivity index (χ3v) is 2.67. The summed E-state index contributed by atoms with van der Waals surface area (Å²) in [5.41, 5.74) is 7.73. The van der Waals surface area contributed by atoms with Gasteiger partial charge in [-0.2, -0.15) is 0 Å². The molecule has 1 aromatic rings. The molecule has 0 bridgehead atoms. The third kappa shape index (κ3) is 3.68. The molecule has 0 spiro atoms. The van der Waals surface area contributed by atoms with Gasteiger partial charge in [-0.1, -0.05) is 29.4 Å². The molecule has 82 valence electrons. The Morgan fingerprint density at radius 1 is 1.53 bits per heavy atom. The molecule has 1 aromatic carbocycles. The number of benzene rings is 1. The van der Waals surface area contributed by atoms with Crippen LogP contribution in [-0.4, -0.2) is 6.61 Å². The van der Waals surface area contributed by atoms with Crippen LogP contribution in [-0.2, 0) is 6.54 Å². The first-order valence-electron chi connectivity index (χ1n) is 4.95. The summed E-state index contributed by atoms with van der Waals surface area (Å²) in [7, 11) is 0. The molecule has 0 aliphatic rings. The molecule has 0 aliphatic heterocycles. The van der Waals surface area contributed by atoms with Gasteiger partial charge >= 0.3 is 0 Å². The number of hydrogen-bond donors (Lipinski definition) is 1. The van der Waals surface area contributed by atoms with Crippen molar-refractivity contribution in [3.8, 4) is 5.75 Å². The molecule has 0 heterocycles. The minimum Gasteiger partial charge on any atom is -0.489 e. The van der Waals surface area contributed by atoms with Gasteiger partial charge in [0.1, 0.15) is 12.4 Å². The fourth-order valence-electron chi connectivity index (χ4n) is 1.13. The lowest BCUT2D eigenvalue weighted by Crippen LogP contribution is -2.04. The van der Waals surface area contributed by atoms with E-state index in [0.717, 1.165) is 27.8 Å². The number of nitrogens with two attached hydrogens (primary N) is 1. The number of rotatable bonds is 5. The maximum Gasteiger partial charge on any atom is 0.124 e. The van der Waals surface area contributed by atoms with E-state index in [1.807, 2.05) is 18.2 Å². The van der Waals surface area contributed by atoms with Crippen molar-refractivity contribution in [3.05, 3.63) is 40.4 Å². The number of ether oxygens (including phenoxy) is 1. The molecular formula is C12H16BrNO. The van der Waals surface area contributed by atoms with Crippen LogP contribution in [0, 0.1) is 0 Å². The highest BCUT2D eigenvalue weighted by Gasteiger charge is 2.03. The molecule has 15 heavy (non-hydrogen) atoms. The number of halogens is 1. The highest BCUT2D eigenvalue weighted by atomic mass is 79.9. The summed E-state index contributed by atoms with van der Waals surface area (Å²) < 4.78 is 6.65. The highest BCUT2D eigenvalue weighted by Crippen LogP contribution is 2.23. The second kappa shape index (κ2) is 5.93. The zero-order valence-corrected chi connectivity index (χ0v) is 10.5. The van der Waals surface area contributed by atoms with Crippen LogP contribution < -0.4 is 10.5 Å². The van der Waals surface area contributed by atoms with Gasteiger partial charge in [0.05, 0.1) is 0 Å². The molecule has 0 fully saturated rings. The second-order valence-electron chi connectivity index (χ2n) is 3.35. The van der Waals surface area contributed by atoms with E-state index in [9.17, 15) is 0 Å². The summed E-state index contributed by atoms with van der Waals surface area (Å²) in [5, 5.41) is 0.